The Morgan fingerprint density at radius 1 is 1.50 bits per heavy atom. The van der Waals surface area contributed by atoms with Gasteiger partial charge in [0.05, 0.1) is 6.61 Å². The summed E-state index contributed by atoms with van der Waals surface area (Å²) < 4.78 is 6.20. The van der Waals surface area contributed by atoms with E-state index in [1.807, 2.05) is 12.1 Å². The summed E-state index contributed by atoms with van der Waals surface area (Å²) in [7, 11) is 1.71. The Morgan fingerprint density at radius 2 is 2.21 bits per heavy atom. The van der Waals surface area contributed by atoms with Crippen LogP contribution in [-0.4, -0.2) is 19.8 Å². The Bertz CT molecular complexity index is 301. The summed E-state index contributed by atoms with van der Waals surface area (Å²) in [5.41, 5.74) is 2.39. The molecule has 78 valence electrons. The van der Waals surface area contributed by atoms with Crippen molar-refractivity contribution in [2.75, 3.05) is 19.0 Å². The van der Waals surface area contributed by atoms with Crippen molar-refractivity contribution in [3.05, 3.63) is 28.2 Å². The zero-order chi connectivity index (χ0) is 10.6. The topological polar surface area (TPSA) is 21.3 Å². The molecule has 1 aromatic rings. The van der Waals surface area contributed by atoms with Gasteiger partial charge < -0.3 is 10.1 Å². The van der Waals surface area contributed by atoms with Gasteiger partial charge in [-0.05, 0) is 31.5 Å². The summed E-state index contributed by atoms with van der Waals surface area (Å²) in [5.74, 6) is 0. The van der Waals surface area contributed by atoms with Gasteiger partial charge in [0.1, 0.15) is 0 Å². The number of hydrogen-bond donors (Lipinski definition) is 1. The highest BCUT2D eigenvalue weighted by atomic mass is 79.9. The van der Waals surface area contributed by atoms with Crippen LogP contribution in [-0.2, 0) is 4.74 Å². The van der Waals surface area contributed by atoms with Crippen molar-refractivity contribution in [3.8, 4) is 0 Å². The van der Waals surface area contributed by atoms with E-state index < -0.39 is 0 Å². The largest absolute Gasteiger partial charge is 0.383 e. The Labute approximate surface area is 93.8 Å². The lowest BCUT2D eigenvalue weighted by molar-refractivity contribution is 0.190. The van der Waals surface area contributed by atoms with E-state index in [4.69, 9.17) is 4.74 Å². The predicted molar refractivity (Wildman–Crippen MR) is 63.8 cm³/mol. The maximum atomic E-state index is 5.07. The summed E-state index contributed by atoms with van der Waals surface area (Å²) in [6.07, 6.45) is 0. The quantitative estimate of drug-likeness (QED) is 0.895. The highest BCUT2D eigenvalue weighted by Gasteiger charge is 2.04. The first kappa shape index (κ1) is 11.5. The van der Waals surface area contributed by atoms with E-state index in [1.54, 1.807) is 7.11 Å². The van der Waals surface area contributed by atoms with Gasteiger partial charge in [0.25, 0.3) is 0 Å². The summed E-state index contributed by atoms with van der Waals surface area (Å²) in [4.78, 5) is 0. The molecule has 1 unspecified atom stereocenters. The molecule has 0 aromatic heterocycles. The zero-order valence-corrected chi connectivity index (χ0v) is 10.4. The van der Waals surface area contributed by atoms with Gasteiger partial charge in [-0.2, -0.15) is 0 Å². The minimum absolute atomic E-state index is 0.327. The molecule has 0 aliphatic carbocycles. The number of ether oxygens (including phenoxy) is 1. The third-order valence-electron chi connectivity index (χ3n) is 2.09. The molecule has 0 saturated carbocycles. The minimum atomic E-state index is 0.327. The third kappa shape index (κ3) is 3.00. The van der Waals surface area contributed by atoms with Gasteiger partial charge in [0.2, 0.25) is 0 Å². The van der Waals surface area contributed by atoms with Gasteiger partial charge in [0.15, 0.2) is 0 Å². The van der Waals surface area contributed by atoms with Crippen LogP contribution >= 0.6 is 15.9 Å². The Morgan fingerprint density at radius 3 is 2.86 bits per heavy atom. The van der Waals surface area contributed by atoms with Crippen LogP contribution < -0.4 is 5.32 Å². The van der Waals surface area contributed by atoms with Crippen LogP contribution in [0.15, 0.2) is 22.7 Å². The Kier molecular flexibility index (Phi) is 4.42. The molecule has 1 atom stereocenters. The number of methoxy groups -OCH3 is 1. The van der Waals surface area contributed by atoms with Crippen LogP contribution in [0.1, 0.15) is 12.5 Å². The van der Waals surface area contributed by atoms with Gasteiger partial charge in [-0.25, -0.2) is 0 Å². The SMILES string of the molecule is COCC(C)Nc1cccc(Br)c1C. The van der Waals surface area contributed by atoms with Gasteiger partial charge in [-0.3, -0.25) is 0 Å². The molecule has 3 heteroatoms. The van der Waals surface area contributed by atoms with Crippen LogP contribution in [0.2, 0.25) is 0 Å². The second-order valence-corrected chi connectivity index (χ2v) is 4.27. The standard InChI is InChI=1S/C11H16BrNO/c1-8(7-14-3)13-11-6-4-5-10(12)9(11)2/h4-6,8,13H,7H2,1-3H3. The fraction of sp³-hybridized carbons (Fsp3) is 0.455. The molecule has 0 aliphatic rings. The summed E-state index contributed by atoms with van der Waals surface area (Å²) in [6, 6.07) is 6.47. The van der Waals surface area contributed by atoms with Crippen LogP contribution in [0.25, 0.3) is 0 Å². The molecule has 0 amide bonds. The minimum Gasteiger partial charge on any atom is -0.383 e. The molecule has 14 heavy (non-hydrogen) atoms. The third-order valence-corrected chi connectivity index (χ3v) is 2.95. The first-order valence-corrected chi connectivity index (χ1v) is 5.45. The number of benzene rings is 1. The lowest BCUT2D eigenvalue weighted by Gasteiger charge is -2.16. The maximum absolute atomic E-state index is 5.07. The molecule has 0 spiro atoms. The molecule has 1 aromatic carbocycles. The second kappa shape index (κ2) is 5.37. The second-order valence-electron chi connectivity index (χ2n) is 3.41. The predicted octanol–water partition coefficient (Wildman–Crippen LogP) is 3.20. The molecule has 0 saturated heterocycles. The van der Waals surface area contributed by atoms with Crippen LogP contribution in [0.3, 0.4) is 0 Å². The monoisotopic (exact) mass is 257 g/mol. The highest BCUT2D eigenvalue weighted by Crippen LogP contribution is 2.23. The van der Waals surface area contributed by atoms with Gasteiger partial charge in [-0.15, -0.1) is 0 Å². The molecular formula is C11H16BrNO. The molecule has 1 rings (SSSR count). The number of nitrogens with one attached hydrogen (secondary N) is 1. The average molecular weight is 258 g/mol. The van der Waals surface area contributed by atoms with Gasteiger partial charge in [0, 0.05) is 23.3 Å². The van der Waals surface area contributed by atoms with E-state index in [9.17, 15) is 0 Å². The smallest absolute Gasteiger partial charge is 0.0661 e. The summed E-state index contributed by atoms with van der Waals surface area (Å²) >= 11 is 3.50. The van der Waals surface area contributed by atoms with E-state index in [2.05, 4.69) is 41.2 Å². The summed E-state index contributed by atoms with van der Waals surface area (Å²) in [6.45, 7) is 4.90. The fourth-order valence-electron chi connectivity index (χ4n) is 1.32. The first-order chi connectivity index (χ1) is 6.65. The average Bonchev–Trinajstić information content (AvgIpc) is 2.13. The lowest BCUT2D eigenvalue weighted by atomic mass is 10.2. The zero-order valence-electron chi connectivity index (χ0n) is 8.80. The van der Waals surface area contributed by atoms with Crippen molar-refractivity contribution in [2.45, 2.75) is 19.9 Å². The lowest BCUT2D eigenvalue weighted by Crippen LogP contribution is -2.21. The van der Waals surface area contributed by atoms with E-state index >= 15 is 0 Å². The molecule has 0 heterocycles. The molecule has 1 N–H and O–H groups in total. The van der Waals surface area contributed by atoms with E-state index in [0.29, 0.717) is 12.6 Å². The van der Waals surface area contributed by atoms with E-state index in [1.165, 1.54) is 5.56 Å². The van der Waals surface area contributed by atoms with Crippen molar-refractivity contribution in [1.82, 2.24) is 0 Å². The molecular weight excluding hydrogens is 242 g/mol. The Hall–Kier alpha value is -0.540. The number of hydrogen-bond acceptors (Lipinski definition) is 2. The molecule has 0 radical (unpaired) electrons. The Balaban J connectivity index is 2.71. The number of anilines is 1. The van der Waals surface area contributed by atoms with E-state index in [0.717, 1.165) is 10.2 Å². The van der Waals surface area contributed by atoms with Crippen LogP contribution in [0, 0.1) is 6.92 Å². The molecule has 0 bridgehead atoms. The highest BCUT2D eigenvalue weighted by molar-refractivity contribution is 9.10. The normalized spacial score (nSPS) is 12.6. The molecule has 0 aliphatic heterocycles. The van der Waals surface area contributed by atoms with Crippen LogP contribution in [0.5, 0.6) is 0 Å². The van der Waals surface area contributed by atoms with Gasteiger partial charge >= 0.3 is 0 Å². The van der Waals surface area contributed by atoms with E-state index in [-0.39, 0.29) is 0 Å². The van der Waals surface area contributed by atoms with Crippen molar-refractivity contribution < 1.29 is 4.74 Å². The van der Waals surface area contributed by atoms with Crippen molar-refractivity contribution in [2.24, 2.45) is 0 Å². The number of halogens is 1. The fourth-order valence-corrected chi connectivity index (χ4v) is 1.69. The van der Waals surface area contributed by atoms with Crippen molar-refractivity contribution in [3.63, 3.8) is 0 Å². The first-order valence-electron chi connectivity index (χ1n) is 4.65. The maximum Gasteiger partial charge on any atom is 0.0661 e. The van der Waals surface area contributed by atoms with Crippen molar-refractivity contribution >= 4 is 21.6 Å². The van der Waals surface area contributed by atoms with Crippen LogP contribution in [0.4, 0.5) is 5.69 Å². The molecule has 2 nitrogen and oxygen atoms in total. The van der Waals surface area contributed by atoms with Crippen molar-refractivity contribution in [1.29, 1.82) is 0 Å². The molecule has 0 fully saturated rings. The summed E-state index contributed by atoms with van der Waals surface area (Å²) in [5, 5.41) is 3.40. The van der Waals surface area contributed by atoms with Gasteiger partial charge in [-0.1, -0.05) is 22.0 Å². The number of rotatable bonds is 4.